The SMILES string of the molecule is Cc1cc(C)n(-c2ccc(Cl)c(C(=O)Nc3ccc(NS(C)(=O)=O)cc3)n2)n1. The van der Waals surface area contributed by atoms with Crippen molar-refractivity contribution in [3.63, 3.8) is 0 Å². The Kier molecular flexibility index (Phi) is 5.39. The van der Waals surface area contributed by atoms with Crippen molar-refractivity contribution in [3.05, 3.63) is 64.6 Å². The summed E-state index contributed by atoms with van der Waals surface area (Å²) in [5.41, 5.74) is 2.64. The number of pyridine rings is 1. The van der Waals surface area contributed by atoms with Crippen molar-refractivity contribution in [2.24, 2.45) is 0 Å². The van der Waals surface area contributed by atoms with Gasteiger partial charge in [-0.25, -0.2) is 18.1 Å². The summed E-state index contributed by atoms with van der Waals surface area (Å²) < 4.78 is 26.5. The zero-order valence-electron chi connectivity index (χ0n) is 15.4. The zero-order chi connectivity index (χ0) is 20.5. The maximum atomic E-state index is 12.6. The van der Waals surface area contributed by atoms with E-state index < -0.39 is 15.9 Å². The van der Waals surface area contributed by atoms with E-state index in [-0.39, 0.29) is 10.7 Å². The van der Waals surface area contributed by atoms with Gasteiger partial charge < -0.3 is 5.32 Å². The van der Waals surface area contributed by atoms with Gasteiger partial charge in [-0.1, -0.05) is 11.6 Å². The van der Waals surface area contributed by atoms with Crippen molar-refractivity contribution in [2.45, 2.75) is 13.8 Å². The summed E-state index contributed by atoms with van der Waals surface area (Å²) >= 11 is 6.16. The normalized spacial score (nSPS) is 11.3. The summed E-state index contributed by atoms with van der Waals surface area (Å²) in [5, 5.41) is 7.26. The summed E-state index contributed by atoms with van der Waals surface area (Å²) in [4.78, 5) is 17.0. The van der Waals surface area contributed by atoms with Crippen LogP contribution in [-0.4, -0.2) is 35.3 Å². The second kappa shape index (κ2) is 7.61. The lowest BCUT2D eigenvalue weighted by molar-refractivity contribution is 0.102. The summed E-state index contributed by atoms with van der Waals surface area (Å²) in [6, 6.07) is 11.4. The number of carbonyl (C=O) groups is 1. The third-order valence-electron chi connectivity index (χ3n) is 3.72. The first-order valence-corrected chi connectivity index (χ1v) is 10.5. The number of nitrogens with one attached hydrogen (secondary N) is 2. The first-order valence-electron chi connectivity index (χ1n) is 8.22. The minimum Gasteiger partial charge on any atom is -0.321 e. The number of hydrogen-bond acceptors (Lipinski definition) is 5. The molecule has 0 fully saturated rings. The first-order chi connectivity index (χ1) is 13.1. The Labute approximate surface area is 167 Å². The van der Waals surface area contributed by atoms with E-state index in [1.807, 2.05) is 19.9 Å². The number of aromatic nitrogens is 3. The van der Waals surface area contributed by atoms with Crippen LogP contribution < -0.4 is 10.0 Å². The molecule has 0 aliphatic heterocycles. The van der Waals surface area contributed by atoms with Crippen molar-refractivity contribution in [2.75, 3.05) is 16.3 Å². The molecule has 0 saturated heterocycles. The molecule has 0 atom stereocenters. The number of aryl methyl sites for hydroxylation is 2. The molecule has 8 nitrogen and oxygen atoms in total. The fourth-order valence-corrected chi connectivity index (χ4v) is 3.35. The highest BCUT2D eigenvalue weighted by atomic mass is 35.5. The van der Waals surface area contributed by atoms with E-state index in [2.05, 4.69) is 20.1 Å². The molecule has 2 N–H and O–H groups in total. The molecule has 1 aromatic carbocycles. The standard InChI is InChI=1S/C18H18ClN5O3S/c1-11-10-12(2)24(22-11)16-9-8-15(19)17(21-16)18(25)20-13-4-6-14(7-5-13)23-28(3,26)27/h4-10,23H,1-3H3,(H,20,25). The van der Waals surface area contributed by atoms with Gasteiger partial charge in [0.25, 0.3) is 5.91 Å². The Balaban J connectivity index is 1.82. The molecule has 146 valence electrons. The van der Waals surface area contributed by atoms with Crippen LogP contribution in [0.15, 0.2) is 42.5 Å². The van der Waals surface area contributed by atoms with Gasteiger partial charge >= 0.3 is 0 Å². The van der Waals surface area contributed by atoms with Crippen LogP contribution in [0.25, 0.3) is 5.82 Å². The largest absolute Gasteiger partial charge is 0.321 e. The number of rotatable bonds is 5. The molecule has 3 rings (SSSR count). The quantitative estimate of drug-likeness (QED) is 0.660. The van der Waals surface area contributed by atoms with Gasteiger partial charge in [-0.15, -0.1) is 0 Å². The Morgan fingerprint density at radius 2 is 1.71 bits per heavy atom. The minimum atomic E-state index is -3.37. The predicted octanol–water partition coefficient (Wildman–Crippen LogP) is 3.16. The van der Waals surface area contributed by atoms with Crippen LogP contribution in [0.4, 0.5) is 11.4 Å². The number of amides is 1. The molecule has 0 saturated carbocycles. The molecular weight excluding hydrogens is 402 g/mol. The molecule has 10 heteroatoms. The highest BCUT2D eigenvalue weighted by Crippen LogP contribution is 2.20. The Hall–Kier alpha value is -2.91. The lowest BCUT2D eigenvalue weighted by Crippen LogP contribution is -2.16. The molecule has 1 amide bonds. The van der Waals surface area contributed by atoms with Gasteiger partial charge in [0, 0.05) is 17.1 Å². The van der Waals surface area contributed by atoms with Crippen LogP contribution >= 0.6 is 11.6 Å². The lowest BCUT2D eigenvalue weighted by Gasteiger charge is -2.10. The monoisotopic (exact) mass is 419 g/mol. The molecular formula is C18H18ClN5O3S. The molecule has 0 bridgehead atoms. The topological polar surface area (TPSA) is 106 Å². The lowest BCUT2D eigenvalue weighted by atomic mass is 10.2. The van der Waals surface area contributed by atoms with Gasteiger partial charge in [-0.3, -0.25) is 9.52 Å². The molecule has 0 radical (unpaired) electrons. The zero-order valence-corrected chi connectivity index (χ0v) is 17.0. The number of benzene rings is 1. The second-order valence-corrected chi connectivity index (χ2v) is 8.40. The van der Waals surface area contributed by atoms with Crippen molar-refractivity contribution in [3.8, 4) is 5.82 Å². The van der Waals surface area contributed by atoms with Crippen molar-refractivity contribution in [1.29, 1.82) is 0 Å². The number of sulfonamides is 1. The maximum absolute atomic E-state index is 12.6. The van der Waals surface area contributed by atoms with Crippen molar-refractivity contribution >= 4 is 38.9 Å². The van der Waals surface area contributed by atoms with E-state index in [4.69, 9.17) is 11.6 Å². The maximum Gasteiger partial charge on any atom is 0.275 e. The van der Waals surface area contributed by atoms with Gasteiger partial charge in [-0.05, 0) is 56.3 Å². The first kappa shape index (κ1) is 19.8. The average molecular weight is 420 g/mol. The predicted molar refractivity (Wildman–Crippen MR) is 109 cm³/mol. The van der Waals surface area contributed by atoms with E-state index in [0.717, 1.165) is 17.6 Å². The molecule has 2 aromatic heterocycles. The Morgan fingerprint density at radius 3 is 2.29 bits per heavy atom. The summed E-state index contributed by atoms with van der Waals surface area (Å²) in [6.45, 7) is 3.76. The molecule has 0 unspecified atom stereocenters. The Bertz CT molecular complexity index is 1140. The molecule has 0 aliphatic carbocycles. The van der Waals surface area contributed by atoms with Gasteiger partial charge in [0.15, 0.2) is 5.82 Å². The highest BCUT2D eigenvalue weighted by molar-refractivity contribution is 7.92. The molecule has 28 heavy (non-hydrogen) atoms. The summed E-state index contributed by atoms with van der Waals surface area (Å²) in [5.74, 6) is -0.00921. The van der Waals surface area contributed by atoms with Gasteiger partial charge in [0.1, 0.15) is 5.69 Å². The van der Waals surface area contributed by atoms with E-state index >= 15 is 0 Å². The van der Waals surface area contributed by atoms with Crippen LogP contribution in [0.2, 0.25) is 5.02 Å². The van der Waals surface area contributed by atoms with Crippen LogP contribution in [0, 0.1) is 13.8 Å². The van der Waals surface area contributed by atoms with E-state index in [1.165, 1.54) is 12.1 Å². The molecule has 0 aliphatic rings. The van der Waals surface area contributed by atoms with Crippen LogP contribution in [0.1, 0.15) is 21.9 Å². The number of anilines is 2. The third kappa shape index (κ3) is 4.68. The summed E-state index contributed by atoms with van der Waals surface area (Å²) in [6.07, 6.45) is 1.06. The highest BCUT2D eigenvalue weighted by Gasteiger charge is 2.16. The van der Waals surface area contributed by atoms with Gasteiger partial charge in [0.05, 0.1) is 17.0 Å². The minimum absolute atomic E-state index is 0.0602. The van der Waals surface area contributed by atoms with Crippen LogP contribution in [-0.2, 0) is 10.0 Å². The van der Waals surface area contributed by atoms with E-state index in [0.29, 0.717) is 17.2 Å². The smallest absolute Gasteiger partial charge is 0.275 e. The fourth-order valence-electron chi connectivity index (χ4n) is 2.60. The van der Waals surface area contributed by atoms with Gasteiger partial charge in [0.2, 0.25) is 10.0 Å². The van der Waals surface area contributed by atoms with E-state index in [1.54, 1.807) is 28.9 Å². The van der Waals surface area contributed by atoms with Crippen molar-refractivity contribution < 1.29 is 13.2 Å². The van der Waals surface area contributed by atoms with Crippen molar-refractivity contribution in [1.82, 2.24) is 14.8 Å². The summed E-state index contributed by atoms with van der Waals surface area (Å²) in [7, 11) is -3.37. The third-order valence-corrected chi connectivity index (χ3v) is 4.63. The van der Waals surface area contributed by atoms with E-state index in [9.17, 15) is 13.2 Å². The number of hydrogen-bond donors (Lipinski definition) is 2. The Morgan fingerprint density at radius 1 is 1.07 bits per heavy atom. The number of nitrogens with zero attached hydrogens (tertiary/aromatic N) is 3. The molecule has 2 heterocycles. The van der Waals surface area contributed by atoms with Crippen LogP contribution in [0.5, 0.6) is 0 Å². The number of halogens is 1. The van der Waals surface area contributed by atoms with Gasteiger partial charge in [-0.2, -0.15) is 5.10 Å². The van der Waals surface area contributed by atoms with Crippen LogP contribution in [0.3, 0.4) is 0 Å². The molecule has 0 spiro atoms. The average Bonchev–Trinajstić information content (AvgIpc) is 2.94. The second-order valence-electron chi connectivity index (χ2n) is 6.24. The molecule has 3 aromatic rings. The fraction of sp³-hybridized carbons (Fsp3) is 0.167. The number of carbonyl (C=O) groups excluding carboxylic acids is 1.